The van der Waals surface area contributed by atoms with E-state index in [4.69, 9.17) is 10.7 Å². The molecule has 0 fully saturated rings. The number of nitrogens with zero attached hydrogens (tertiary/aromatic N) is 3. The van der Waals surface area contributed by atoms with Crippen molar-refractivity contribution in [3.63, 3.8) is 0 Å². The first kappa shape index (κ1) is 16.9. The average molecular weight is 458 g/mol. The predicted octanol–water partition coefficient (Wildman–Crippen LogP) is 4.15. The van der Waals surface area contributed by atoms with E-state index >= 15 is 0 Å². The minimum atomic E-state index is -3.99. The van der Waals surface area contributed by atoms with Gasteiger partial charge in [-0.1, -0.05) is 31.9 Å². The molecule has 0 aliphatic carbocycles. The van der Waals surface area contributed by atoms with E-state index in [0.29, 0.717) is 5.82 Å². The van der Waals surface area contributed by atoms with Crippen LogP contribution in [0.1, 0.15) is 20.8 Å². The van der Waals surface area contributed by atoms with Crippen molar-refractivity contribution in [1.29, 1.82) is 0 Å². The van der Waals surface area contributed by atoms with E-state index in [0.717, 1.165) is 14.5 Å². The molecule has 21 heavy (non-hydrogen) atoms. The molecule has 9 heteroatoms. The zero-order chi connectivity index (χ0) is 16.0. The molecule has 0 atom stereocenters. The Morgan fingerprint density at radius 1 is 1.19 bits per heavy atom. The van der Waals surface area contributed by atoms with Gasteiger partial charge in [0.05, 0.1) is 0 Å². The fourth-order valence-corrected chi connectivity index (χ4v) is 3.68. The van der Waals surface area contributed by atoms with E-state index in [9.17, 15) is 8.42 Å². The molecule has 0 saturated carbocycles. The van der Waals surface area contributed by atoms with Crippen LogP contribution in [0.15, 0.2) is 32.3 Å². The summed E-state index contributed by atoms with van der Waals surface area (Å²) in [6.45, 7) is 5.58. The molecule has 0 bridgehead atoms. The van der Waals surface area contributed by atoms with Gasteiger partial charge in [0.1, 0.15) is 0 Å². The number of aromatic nitrogens is 3. The fourth-order valence-electron chi connectivity index (χ4n) is 1.88. The molecule has 0 radical (unpaired) electrons. The quantitative estimate of drug-likeness (QED) is 0.636. The standard InChI is InChI=1S/C12H12Br2ClN3O2S/c1-12(2,3)18-10(16-17-11(18)21(15,19)20)8-6-7(13)4-5-9(8)14/h4-6H,1-3H3. The molecule has 1 aromatic heterocycles. The third-order valence-electron chi connectivity index (χ3n) is 2.69. The zero-order valence-electron chi connectivity index (χ0n) is 11.4. The maximum Gasteiger partial charge on any atom is 0.296 e. The molecule has 2 rings (SSSR count). The average Bonchev–Trinajstić information content (AvgIpc) is 2.76. The van der Waals surface area contributed by atoms with Crippen LogP contribution in [0.2, 0.25) is 0 Å². The van der Waals surface area contributed by atoms with E-state index in [1.54, 1.807) is 0 Å². The summed E-state index contributed by atoms with van der Waals surface area (Å²) < 4.78 is 26.6. The van der Waals surface area contributed by atoms with Crippen molar-refractivity contribution in [2.75, 3.05) is 0 Å². The van der Waals surface area contributed by atoms with Crippen molar-refractivity contribution in [3.05, 3.63) is 27.1 Å². The van der Waals surface area contributed by atoms with Gasteiger partial charge in [-0.15, -0.1) is 10.2 Å². The molecular formula is C12H12Br2ClN3O2S. The molecule has 114 valence electrons. The Bertz CT molecular complexity index is 797. The molecule has 0 unspecified atom stereocenters. The summed E-state index contributed by atoms with van der Waals surface area (Å²) in [4.78, 5) is 0. The van der Waals surface area contributed by atoms with Crippen molar-refractivity contribution in [1.82, 2.24) is 14.8 Å². The molecular weight excluding hydrogens is 445 g/mol. The summed E-state index contributed by atoms with van der Waals surface area (Å²) in [5.41, 5.74) is 0.163. The fraction of sp³-hybridized carbons (Fsp3) is 0.333. The highest BCUT2D eigenvalue weighted by Gasteiger charge is 2.30. The Morgan fingerprint density at radius 2 is 1.81 bits per heavy atom. The lowest BCUT2D eigenvalue weighted by atomic mass is 10.1. The van der Waals surface area contributed by atoms with Gasteiger partial charge in [0.25, 0.3) is 14.2 Å². The van der Waals surface area contributed by atoms with E-state index in [2.05, 4.69) is 42.1 Å². The lowest BCUT2D eigenvalue weighted by Gasteiger charge is -2.24. The maximum absolute atomic E-state index is 11.7. The van der Waals surface area contributed by atoms with Crippen molar-refractivity contribution < 1.29 is 8.42 Å². The van der Waals surface area contributed by atoms with Crippen molar-refractivity contribution in [3.8, 4) is 11.4 Å². The zero-order valence-corrected chi connectivity index (χ0v) is 16.2. The third-order valence-corrected chi connectivity index (χ3v) is 4.99. The normalized spacial score (nSPS) is 12.7. The minimum absolute atomic E-state index is 0.265. The van der Waals surface area contributed by atoms with Crippen LogP contribution in [0.5, 0.6) is 0 Å². The first-order chi connectivity index (χ1) is 9.51. The number of rotatable bonds is 2. The highest BCUT2D eigenvalue weighted by Crippen LogP contribution is 2.34. The van der Waals surface area contributed by atoms with Crippen LogP contribution in [0.3, 0.4) is 0 Å². The van der Waals surface area contributed by atoms with Gasteiger partial charge < -0.3 is 0 Å². The van der Waals surface area contributed by atoms with Crippen LogP contribution in [-0.4, -0.2) is 23.2 Å². The first-order valence-electron chi connectivity index (χ1n) is 5.88. The molecule has 0 amide bonds. The first-order valence-corrected chi connectivity index (χ1v) is 9.77. The summed E-state index contributed by atoms with van der Waals surface area (Å²) in [7, 11) is 1.48. The Balaban J connectivity index is 2.83. The summed E-state index contributed by atoms with van der Waals surface area (Å²) in [5.74, 6) is 0.426. The van der Waals surface area contributed by atoms with Crippen molar-refractivity contribution in [2.45, 2.75) is 31.5 Å². The lowest BCUT2D eigenvalue weighted by molar-refractivity contribution is 0.367. The highest BCUT2D eigenvalue weighted by molar-refractivity contribution is 9.11. The van der Waals surface area contributed by atoms with E-state index in [1.165, 1.54) is 4.57 Å². The number of halogens is 3. The van der Waals surface area contributed by atoms with Gasteiger partial charge in [0, 0.05) is 30.7 Å². The second-order valence-electron chi connectivity index (χ2n) is 5.37. The van der Waals surface area contributed by atoms with Gasteiger partial charge in [-0.25, -0.2) is 8.42 Å². The van der Waals surface area contributed by atoms with Gasteiger partial charge in [0.15, 0.2) is 5.82 Å². The molecule has 0 saturated heterocycles. The largest absolute Gasteiger partial charge is 0.296 e. The second kappa shape index (κ2) is 5.64. The van der Waals surface area contributed by atoms with Gasteiger partial charge in [-0.05, 0) is 39.0 Å². The molecule has 5 nitrogen and oxygen atoms in total. The second-order valence-corrected chi connectivity index (χ2v) is 9.60. The molecule has 0 spiro atoms. The summed E-state index contributed by atoms with van der Waals surface area (Å²) in [5, 5.41) is 7.51. The van der Waals surface area contributed by atoms with E-state index in [-0.39, 0.29) is 5.16 Å². The van der Waals surface area contributed by atoms with Crippen molar-refractivity contribution >= 4 is 51.6 Å². The number of benzene rings is 1. The maximum atomic E-state index is 11.7. The lowest BCUT2D eigenvalue weighted by Crippen LogP contribution is -2.26. The Hall–Kier alpha value is -0.440. The van der Waals surface area contributed by atoms with Crippen LogP contribution in [0.4, 0.5) is 0 Å². The van der Waals surface area contributed by atoms with Crippen molar-refractivity contribution in [2.24, 2.45) is 0 Å². The SMILES string of the molecule is CC(C)(C)n1c(-c2cc(Br)ccc2Br)nnc1S(=O)(=O)Cl. The Morgan fingerprint density at radius 3 is 2.33 bits per heavy atom. The summed E-state index contributed by atoms with van der Waals surface area (Å²) in [6, 6.07) is 5.54. The monoisotopic (exact) mass is 455 g/mol. The Labute approximate surface area is 144 Å². The summed E-state index contributed by atoms with van der Waals surface area (Å²) in [6.07, 6.45) is 0. The molecule has 0 N–H and O–H groups in total. The summed E-state index contributed by atoms with van der Waals surface area (Å²) >= 11 is 6.84. The molecule has 0 aliphatic heterocycles. The molecule has 1 heterocycles. The smallest absolute Gasteiger partial charge is 0.291 e. The highest BCUT2D eigenvalue weighted by atomic mass is 79.9. The predicted molar refractivity (Wildman–Crippen MR) is 88.9 cm³/mol. The van der Waals surface area contributed by atoms with Gasteiger partial charge in [-0.2, -0.15) is 0 Å². The van der Waals surface area contributed by atoms with Crippen LogP contribution >= 0.6 is 42.5 Å². The number of hydrogen-bond donors (Lipinski definition) is 0. The van der Waals surface area contributed by atoms with Gasteiger partial charge in [0.2, 0.25) is 0 Å². The van der Waals surface area contributed by atoms with E-state index in [1.807, 2.05) is 39.0 Å². The van der Waals surface area contributed by atoms with Crippen LogP contribution in [0.25, 0.3) is 11.4 Å². The van der Waals surface area contributed by atoms with Gasteiger partial charge in [-0.3, -0.25) is 4.57 Å². The third kappa shape index (κ3) is 3.49. The van der Waals surface area contributed by atoms with Crippen LogP contribution in [0, 0.1) is 0 Å². The molecule has 0 aliphatic rings. The topological polar surface area (TPSA) is 64.8 Å². The van der Waals surface area contributed by atoms with E-state index < -0.39 is 14.6 Å². The number of hydrogen-bond acceptors (Lipinski definition) is 4. The van der Waals surface area contributed by atoms with Crippen LogP contribution < -0.4 is 0 Å². The minimum Gasteiger partial charge on any atom is -0.291 e. The van der Waals surface area contributed by atoms with Crippen LogP contribution in [-0.2, 0) is 14.6 Å². The molecule has 2 aromatic rings. The molecule has 1 aromatic carbocycles. The van der Waals surface area contributed by atoms with Gasteiger partial charge >= 0.3 is 0 Å². The Kier molecular flexibility index (Phi) is 4.55.